The van der Waals surface area contributed by atoms with Gasteiger partial charge in [0, 0.05) is 23.6 Å². The number of rotatable bonds is 5. The Labute approximate surface area is 166 Å². The lowest BCUT2D eigenvalue weighted by Crippen LogP contribution is -2.16. The van der Waals surface area contributed by atoms with Gasteiger partial charge in [0.25, 0.3) is 5.56 Å². The quantitative estimate of drug-likeness (QED) is 0.409. The van der Waals surface area contributed by atoms with E-state index in [1.807, 2.05) is 77.6 Å². The third-order valence-electron chi connectivity index (χ3n) is 4.24. The molecule has 140 valence electrons. The zero-order valence-electron chi connectivity index (χ0n) is 15.3. The molecule has 0 saturated heterocycles. The molecule has 0 saturated carbocycles. The molecule has 7 heteroatoms. The fraction of sp³-hybridized carbons (Fsp3) is 0. The summed E-state index contributed by atoms with van der Waals surface area (Å²) in [6.45, 7) is 0. The van der Waals surface area contributed by atoms with E-state index in [4.69, 9.17) is 0 Å². The Balaban J connectivity index is 1.59. The van der Waals surface area contributed by atoms with E-state index in [9.17, 15) is 10.1 Å². The van der Waals surface area contributed by atoms with Gasteiger partial charge in [-0.25, -0.2) is 10.4 Å². The van der Waals surface area contributed by atoms with E-state index in [0.29, 0.717) is 11.3 Å². The second-order valence-electron chi connectivity index (χ2n) is 6.17. The van der Waals surface area contributed by atoms with Crippen LogP contribution >= 0.6 is 0 Å². The Kier molecular flexibility index (Phi) is 4.99. The van der Waals surface area contributed by atoms with Gasteiger partial charge < -0.3 is 4.57 Å². The Hall–Kier alpha value is -4.44. The smallest absolute Gasteiger partial charge is 0.270 e. The Morgan fingerprint density at radius 1 is 1.07 bits per heavy atom. The second-order valence-corrected chi connectivity index (χ2v) is 6.17. The summed E-state index contributed by atoms with van der Waals surface area (Å²) in [5.74, 6) is 0.158. The number of aromatic nitrogens is 3. The molecule has 2 N–H and O–H groups in total. The van der Waals surface area contributed by atoms with Crippen molar-refractivity contribution >= 4 is 12.2 Å². The van der Waals surface area contributed by atoms with Gasteiger partial charge in [0.05, 0.1) is 11.9 Å². The van der Waals surface area contributed by atoms with Crippen molar-refractivity contribution in [2.24, 2.45) is 5.10 Å². The molecular weight excluding hydrogens is 364 g/mol. The highest BCUT2D eigenvalue weighted by atomic mass is 16.1. The van der Waals surface area contributed by atoms with Gasteiger partial charge in [-0.3, -0.25) is 9.78 Å². The Bertz CT molecular complexity index is 1250. The summed E-state index contributed by atoms with van der Waals surface area (Å²) in [5, 5.41) is 13.5. The summed E-state index contributed by atoms with van der Waals surface area (Å²) in [6, 6.07) is 22.8. The fourth-order valence-corrected chi connectivity index (χ4v) is 2.88. The minimum Gasteiger partial charge on any atom is -0.324 e. The highest BCUT2D eigenvalue weighted by Crippen LogP contribution is 2.19. The number of hydrogen-bond acceptors (Lipinski definition) is 5. The molecular formula is C22H16N6O. The maximum Gasteiger partial charge on any atom is 0.270 e. The Morgan fingerprint density at radius 3 is 2.62 bits per heavy atom. The van der Waals surface area contributed by atoms with Crippen LogP contribution in [0.5, 0.6) is 0 Å². The third-order valence-corrected chi connectivity index (χ3v) is 4.24. The number of hydrazone groups is 1. The third kappa shape index (κ3) is 3.96. The summed E-state index contributed by atoms with van der Waals surface area (Å²) in [4.78, 5) is 19.2. The number of aromatic amines is 1. The standard InChI is InChI=1S/C22H16N6O/c23-14-19-20(17-8-2-1-3-9-17)25-22(26-21(19)29)27-24-15-16-7-6-10-18(13-16)28-11-4-5-12-28/h1-13,15H,(H2,25,26,27,29). The first-order valence-electron chi connectivity index (χ1n) is 8.87. The van der Waals surface area contributed by atoms with Gasteiger partial charge >= 0.3 is 0 Å². The number of H-pyrrole nitrogens is 1. The highest BCUT2D eigenvalue weighted by Gasteiger charge is 2.12. The van der Waals surface area contributed by atoms with Crippen molar-refractivity contribution < 1.29 is 0 Å². The van der Waals surface area contributed by atoms with E-state index >= 15 is 0 Å². The molecule has 4 rings (SSSR count). The lowest BCUT2D eigenvalue weighted by atomic mass is 10.1. The number of nitrogens with one attached hydrogen (secondary N) is 2. The summed E-state index contributed by atoms with van der Waals surface area (Å²) >= 11 is 0. The van der Waals surface area contributed by atoms with Gasteiger partial charge in [0.15, 0.2) is 0 Å². The van der Waals surface area contributed by atoms with E-state index in [1.54, 1.807) is 18.3 Å². The maximum atomic E-state index is 12.3. The molecule has 0 amide bonds. The Morgan fingerprint density at radius 2 is 1.86 bits per heavy atom. The lowest BCUT2D eigenvalue weighted by Gasteiger charge is -2.06. The van der Waals surface area contributed by atoms with E-state index in [1.165, 1.54) is 0 Å². The number of anilines is 1. The van der Waals surface area contributed by atoms with Crippen molar-refractivity contribution in [2.45, 2.75) is 0 Å². The van der Waals surface area contributed by atoms with Crippen LogP contribution in [-0.4, -0.2) is 20.7 Å². The molecule has 2 aromatic heterocycles. The molecule has 2 heterocycles. The highest BCUT2D eigenvalue weighted by molar-refractivity contribution is 5.81. The second kappa shape index (κ2) is 8.06. The lowest BCUT2D eigenvalue weighted by molar-refractivity contribution is 1.07. The summed E-state index contributed by atoms with van der Waals surface area (Å²) < 4.78 is 2.00. The number of hydrogen-bond donors (Lipinski definition) is 2. The number of nitriles is 1. The number of nitrogens with zero attached hydrogens (tertiary/aromatic N) is 4. The molecule has 0 atom stereocenters. The van der Waals surface area contributed by atoms with Crippen molar-refractivity contribution in [3.05, 3.63) is 101 Å². The summed E-state index contributed by atoms with van der Waals surface area (Å²) in [5.41, 5.74) is 5.06. The van der Waals surface area contributed by atoms with Crippen molar-refractivity contribution in [1.82, 2.24) is 14.5 Å². The minimum atomic E-state index is -0.520. The molecule has 2 aromatic carbocycles. The molecule has 0 spiro atoms. The maximum absolute atomic E-state index is 12.3. The summed E-state index contributed by atoms with van der Waals surface area (Å²) in [6.07, 6.45) is 5.56. The predicted molar refractivity (Wildman–Crippen MR) is 112 cm³/mol. The molecule has 4 aromatic rings. The van der Waals surface area contributed by atoms with E-state index in [-0.39, 0.29) is 11.5 Å². The molecule has 0 aliphatic heterocycles. The van der Waals surface area contributed by atoms with Crippen LogP contribution < -0.4 is 11.0 Å². The minimum absolute atomic E-state index is 0.0369. The largest absolute Gasteiger partial charge is 0.324 e. The van der Waals surface area contributed by atoms with Crippen LogP contribution in [0.15, 0.2) is 89.0 Å². The van der Waals surface area contributed by atoms with Crippen molar-refractivity contribution in [3.8, 4) is 23.0 Å². The molecule has 29 heavy (non-hydrogen) atoms. The van der Waals surface area contributed by atoms with Crippen LogP contribution in [0.2, 0.25) is 0 Å². The van der Waals surface area contributed by atoms with Gasteiger partial charge in [-0.1, -0.05) is 42.5 Å². The van der Waals surface area contributed by atoms with Gasteiger partial charge in [-0.15, -0.1) is 0 Å². The zero-order chi connectivity index (χ0) is 20.1. The molecule has 0 bridgehead atoms. The van der Waals surface area contributed by atoms with Crippen LogP contribution in [0, 0.1) is 11.3 Å². The molecule has 0 unspecified atom stereocenters. The average Bonchev–Trinajstić information content (AvgIpc) is 3.29. The van der Waals surface area contributed by atoms with E-state index in [0.717, 1.165) is 11.3 Å². The monoisotopic (exact) mass is 380 g/mol. The normalized spacial score (nSPS) is 10.7. The SMILES string of the molecule is N#Cc1c(-c2ccccc2)nc(NN=Cc2cccc(-n3cccc3)c2)[nH]c1=O. The van der Waals surface area contributed by atoms with E-state index in [2.05, 4.69) is 20.5 Å². The summed E-state index contributed by atoms with van der Waals surface area (Å²) in [7, 11) is 0. The van der Waals surface area contributed by atoms with Crippen molar-refractivity contribution in [1.29, 1.82) is 5.26 Å². The van der Waals surface area contributed by atoms with Crippen LogP contribution in [0.25, 0.3) is 16.9 Å². The predicted octanol–water partition coefficient (Wildman–Crippen LogP) is 3.55. The molecule has 0 aliphatic carbocycles. The molecule has 0 aliphatic rings. The molecule has 0 fully saturated rings. The first kappa shape index (κ1) is 17.9. The van der Waals surface area contributed by atoms with Crippen LogP contribution in [-0.2, 0) is 0 Å². The van der Waals surface area contributed by atoms with Crippen LogP contribution in [0.4, 0.5) is 5.95 Å². The fourth-order valence-electron chi connectivity index (χ4n) is 2.88. The molecule has 0 radical (unpaired) electrons. The zero-order valence-corrected chi connectivity index (χ0v) is 15.3. The first-order valence-corrected chi connectivity index (χ1v) is 8.87. The first-order chi connectivity index (χ1) is 14.2. The van der Waals surface area contributed by atoms with Crippen LogP contribution in [0.3, 0.4) is 0 Å². The number of benzene rings is 2. The van der Waals surface area contributed by atoms with Crippen molar-refractivity contribution in [2.75, 3.05) is 5.43 Å². The van der Waals surface area contributed by atoms with Crippen molar-refractivity contribution in [3.63, 3.8) is 0 Å². The van der Waals surface area contributed by atoms with Gasteiger partial charge in [-0.05, 0) is 29.8 Å². The van der Waals surface area contributed by atoms with Crippen LogP contribution in [0.1, 0.15) is 11.1 Å². The van der Waals surface area contributed by atoms with E-state index < -0.39 is 5.56 Å². The van der Waals surface area contributed by atoms with Gasteiger partial charge in [0.2, 0.25) is 5.95 Å². The van der Waals surface area contributed by atoms with Gasteiger partial charge in [0.1, 0.15) is 11.6 Å². The topological polar surface area (TPSA) is 98.9 Å². The van der Waals surface area contributed by atoms with Gasteiger partial charge in [-0.2, -0.15) is 10.4 Å². The molecule has 7 nitrogen and oxygen atoms in total. The average molecular weight is 380 g/mol.